The molecule has 0 aromatic carbocycles. The molecule has 2 rings (SSSR count). The molecule has 3 N–H and O–H groups in total. The van der Waals surface area contributed by atoms with Crippen LogP contribution in [-0.4, -0.2) is 30.5 Å². The molecule has 0 bridgehead atoms. The second kappa shape index (κ2) is 4.04. The summed E-state index contributed by atoms with van der Waals surface area (Å²) < 4.78 is 5.39. The third kappa shape index (κ3) is 1.81. The Morgan fingerprint density at radius 3 is 2.47 bits per heavy atom. The van der Waals surface area contributed by atoms with Gasteiger partial charge in [0.05, 0.1) is 5.60 Å². The summed E-state index contributed by atoms with van der Waals surface area (Å²) in [6.45, 7) is 4.34. The summed E-state index contributed by atoms with van der Waals surface area (Å²) in [5.41, 5.74) is 5.34. The largest absolute Gasteiger partial charge is 0.389 e. The van der Waals surface area contributed by atoms with Gasteiger partial charge < -0.3 is 15.6 Å². The first-order valence-corrected chi connectivity index (χ1v) is 6.12. The van der Waals surface area contributed by atoms with Crippen molar-refractivity contribution in [1.29, 1.82) is 0 Å². The van der Waals surface area contributed by atoms with Crippen LogP contribution < -0.4 is 5.73 Å². The van der Waals surface area contributed by atoms with E-state index in [9.17, 15) is 5.11 Å². The second-order valence-corrected chi connectivity index (χ2v) is 5.48. The van der Waals surface area contributed by atoms with Crippen molar-refractivity contribution in [2.45, 2.75) is 44.6 Å². The zero-order valence-electron chi connectivity index (χ0n) is 9.67. The topological polar surface area (TPSA) is 55.5 Å². The van der Waals surface area contributed by atoms with Crippen LogP contribution in [0.1, 0.15) is 39.0 Å². The normalized spacial score (nSPS) is 40.6. The molecule has 0 amide bonds. The third-order valence-corrected chi connectivity index (χ3v) is 4.56. The van der Waals surface area contributed by atoms with Gasteiger partial charge >= 0.3 is 0 Å². The van der Waals surface area contributed by atoms with Gasteiger partial charge in [0.1, 0.15) is 0 Å². The van der Waals surface area contributed by atoms with Gasteiger partial charge in [-0.15, -0.1) is 0 Å². The van der Waals surface area contributed by atoms with E-state index in [0.717, 1.165) is 45.3 Å². The number of nitrogens with two attached hydrogens (primary N) is 1. The van der Waals surface area contributed by atoms with Crippen LogP contribution in [0.2, 0.25) is 0 Å². The summed E-state index contributed by atoms with van der Waals surface area (Å²) in [7, 11) is 0. The van der Waals surface area contributed by atoms with E-state index in [1.807, 2.05) is 0 Å². The van der Waals surface area contributed by atoms with E-state index in [1.54, 1.807) is 0 Å². The summed E-state index contributed by atoms with van der Waals surface area (Å²) in [5, 5.41) is 10.8. The molecule has 2 atom stereocenters. The Kier molecular flexibility index (Phi) is 3.06. The van der Waals surface area contributed by atoms with Gasteiger partial charge in [-0.25, -0.2) is 0 Å². The highest BCUT2D eigenvalue weighted by Gasteiger charge is 2.52. The number of ether oxygens (including phenoxy) is 1. The van der Waals surface area contributed by atoms with Crippen LogP contribution in [0.4, 0.5) is 0 Å². The minimum atomic E-state index is -0.523. The minimum Gasteiger partial charge on any atom is -0.389 e. The molecule has 2 fully saturated rings. The lowest BCUT2D eigenvalue weighted by Crippen LogP contribution is -2.54. The smallest absolute Gasteiger partial charge is 0.0720 e. The van der Waals surface area contributed by atoms with Crippen molar-refractivity contribution in [3.63, 3.8) is 0 Å². The number of aliphatic hydroxyl groups is 1. The Labute approximate surface area is 92.0 Å². The molecule has 15 heavy (non-hydrogen) atoms. The SMILES string of the molecule is CC1CCC(O)(C2(CN)CCOCC2)C1. The molecule has 2 aliphatic rings. The van der Waals surface area contributed by atoms with Crippen molar-refractivity contribution in [1.82, 2.24) is 0 Å². The first kappa shape index (κ1) is 11.4. The van der Waals surface area contributed by atoms with Crippen LogP contribution >= 0.6 is 0 Å². The Bertz CT molecular complexity index is 226. The molecule has 3 heteroatoms. The van der Waals surface area contributed by atoms with E-state index in [2.05, 4.69) is 6.92 Å². The van der Waals surface area contributed by atoms with Crippen LogP contribution in [0, 0.1) is 11.3 Å². The van der Waals surface area contributed by atoms with E-state index in [0.29, 0.717) is 12.5 Å². The van der Waals surface area contributed by atoms with Gasteiger partial charge in [0, 0.05) is 25.2 Å². The lowest BCUT2D eigenvalue weighted by atomic mass is 9.65. The molecule has 0 radical (unpaired) electrons. The van der Waals surface area contributed by atoms with Crippen molar-refractivity contribution in [2.75, 3.05) is 19.8 Å². The maximum absolute atomic E-state index is 10.8. The molecule has 1 heterocycles. The van der Waals surface area contributed by atoms with Crippen molar-refractivity contribution in [2.24, 2.45) is 17.1 Å². The average molecular weight is 213 g/mol. The van der Waals surface area contributed by atoms with Crippen molar-refractivity contribution in [3.8, 4) is 0 Å². The molecule has 88 valence electrons. The lowest BCUT2D eigenvalue weighted by molar-refractivity contribution is -0.126. The molecule has 2 unspecified atom stereocenters. The standard InChI is InChI=1S/C12H23NO2/c1-10-2-3-12(14,8-10)11(9-13)4-6-15-7-5-11/h10,14H,2-9,13H2,1H3. The summed E-state index contributed by atoms with van der Waals surface area (Å²) in [5.74, 6) is 0.640. The van der Waals surface area contributed by atoms with E-state index < -0.39 is 5.60 Å². The Morgan fingerprint density at radius 2 is 2.00 bits per heavy atom. The van der Waals surface area contributed by atoms with Crippen molar-refractivity contribution >= 4 is 0 Å². The van der Waals surface area contributed by atoms with E-state index in [1.165, 1.54) is 0 Å². The second-order valence-electron chi connectivity index (χ2n) is 5.48. The van der Waals surface area contributed by atoms with Crippen LogP contribution in [0.15, 0.2) is 0 Å². The van der Waals surface area contributed by atoms with Gasteiger partial charge in [-0.1, -0.05) is 6.92 Å². The molecule has 0 spiro atoms. The van der Waals surface area contributed by atoms with E-state index in [4.69, 9.17) is 10.5 Å². The first-order valence-electron chi connectivity index (χ1n) is 6.12. The van der Waals surface area contributed by atoms with Crippen molar-refractivity contribution in [3.05, 3.63) is 0 Å². The zero-order chi connectivity index (χ0) is 10.9. The maximum Gasteiger partial charge on any atom is 0.0720 e. The molecule has 1 aliphatic carbocycles. The molecule has 1 saturated carbocycles. The molecule has 0 aromatic rings. The van der Waals surface area contributed by atoms with Gasteiger partial charge in [0.2, 0.25) is 0 Å². The Balaban J connectivity index is 2.17. The molecule has 1 aliphatic heterocycles. The predicted molar refractivity (Wildman–Crippen MR) is 59.5 cm³/mol. The molecule has 3 nitrogen and oxygen atoms in total. The van der Waals surface area contributed by atoms with Gasteiger partial charge in [0.25, 0.3) is 0 Å². The molecular formula is C12H23NO2. The minimum absolute atomic E-state index is 0.0734. The summed E-state index contributed by atoms with van der Waals surface area (Å²) in [6.07, 6.45) is 4.83. The number of hydrogen-bond acceptors (Lipinski definition) is 3. The van der Waals surface area contributed by atoms with Gasteiger partial charge in [-0.3, -0.25) is 0 Å². The Morgan fingerprint density at radius 1 is 1.33 bits per heavy atom. The van der Waals surface area contributed by atoms with Crippen molar-refractivity contribution < 1.29 is 9.84 Å². The highest BCUT2D eigenvalue weighted by Crippen LogP contribution is 2.50. The van der Waals surface area contributed by atoms with Crippen LogP contribution in [0.25, 0.3) is 0 Å². The quantitative estimate of drug-likeness (QED) is 0.727. The third-order valence-electron chi connectivity index (χ3n) is 4.56. The summed E-state index contributed by atoms with van der Waals surface area (Å²) >= 11 is 0. The fourth-order valence-corrected chi connectivity index (χ4v) is 3.37. The molecule has 1 saturated heterocycles. The molecular weight excluding hydrogens is 190 g/mol. The van der Waals surface area contributed by atoms with E-state index in [-0.39, 0.29) is 5.41 Å². The zero-order valence-corrected chi connectivity index (χ0v) is 9.67. The van der Waals surface area contributed by atoms with E-state index >= 15 is 0 Å². The Hall–Kier alpha value is -0.120. The summed E-state index contributed by atoms with van der Waals surface area (Å²) in [4.78, 5) is 0. The number of hydrogen-bond donors (Lipinski definition) is 2. The highest BCUT2D eigenvalue weighted by molar-refractivity contribution is 5.04. The molecule has 0 aromatic heterocycles. The predicted octanol–water partition coefficient (Wildman–Crippen LogP) is 1.29. The van der Waals surface area contributed by atoms with Crippen LogP contribution in [0.3, 0.4) is 0 Å². The first-order chi connectivity index (χ1) is 7.12. The fourth-order valence-electron chi connectivity index (χ4n) is 3.37. The van der Waals surface area contributed by atoms with Crippen LogP contribution in [-0.2, 0) is 4.74 Å². The lowest BCUT2D eigenvalue weighted by Gasteiger charge is -2.47. The van der Waals surface area contributed by atoms with Crippen LogP contribution in [0.5, 0.6) is 0 Å². The summed E-state index contributed by atoms with van der Waals surface area (Å²) in [6, 6.07) is 0. The average Bonchev–Trinajstić information content (AvgIpc) is 2.61. The monoisotopic (exact) mass is 213 g/mol. The van der Waals surface area contributed by atoms with Gasteiger partial charge in [-0.2, -0.15) is 0 Å². The highest BCUT2D eigenvalue weighted by atomic mass is 16.5. The van der Waals surface area contributed by atoms with Gasteiger partial charge in [0.15, 0.2) is 0 Å². The maximum atomic E-state index is 10.8. The fraction of sp³-hybridized carbons (Fsp3) is 1.00. The number of rotatable bonds is 2. The van der Waals surface area contributed by atoms with Gasteiger partial charge in [-0.05, 0) is 38.0 Å².